The maximum Gasteiger partial charge on any atom is 0.254 e. The molecule has 4 aromatic rings. The molecule has 3 atom stereocenters. The molecule has 6 rings (SSSR count). The van der Waals surface area contributed by atoms with E-state index in [1.807, 2.05) is 42.9 Å². The highest BCUT2D eigenvalue weighted by atomic mass is 32.2. The highest BCUT2D eigenvalue weighted by molar-refractivity contribution is 7.91. The van der Waals surface area contributed by atoms with Gasteiger partial charge in [-0.2, -0.15) is 4.31 Å². The second-order valence-corrected chi connectivity index (χ2v) is 13.5. The summed E-state index contributed by atoms with van der Waals surface area (Å²) in [7, 11) is -3.62. The molecule has 5 heterocycles. The quantitative estimate of drug-likeness (QED) is 0.323. The summed E-state index contributed by atoms with van der Waals surface area (Å²) < 4.78 is 44.7. The van der Waals surface area contributed by atoms with Crippen LogP contribution in [-0.4, -0.2) is 62.8 Å². The monoisotopic (exact) mass is 566 g/mol. The molecular weight excluding hydrogens is 535 g/mol. The van der Waals surface area contributed by atoms with Crippen LogP contribution in [0.2, 0.25) is 0 Å². The lowest BCUT2D eigenvalue weighted by molar-refractivity contribution is 0.0321. The van der Waals surface area contributed by atoms with E-state index < -0.39 is 10.0 Å². The van der Waals surface area contributed by atoms with E-state index in [-0.39, 0.29) is 23.9 Å². The number of pyridine rings is 1. The number of hydrogen-bond donors (Lipinski definition) is 0. The Labute approximate surface area is 232 Å². The summed E-state index contributed by atoms with van der Waals surface area (Å²) in [6.07, 6.45) is 10.5. The fraction of sp³-hybridized carbons (Fsp3) is 0.393. The van der Waals surface area contributed by atoms with Crippen molar-refractivity contribution in [3.05, 3.63) is 95.2 Å². The number of imidazole rings is 1. The SMILES string of the molecule is C[C@H](c1ccc(F)cc1)n1cncc1C1CCCC2CN(S(=O)(=O)c3cnc(Cc4ccccn4)s3)CCN21. The van der Waals surface area contributed by atoms with Crippen LogP contribution in [0.25, 0.3) is 0 Å². The van der Waals surface area contributed by atoms with E-state index in [0.29, 0.717) is 30.3 Å². The van der Waals surface area contributed by atoms with E-state index in [2.05, 4.69) is 31.3 Å². The molecule has 2 fully saturated rings. The average molecular weight is 567 g/mol. The van der Waals surface area contributed by atoms with Crippen molar-refractivity contribution in [2.24, 2.45) is 0 Å². The molecule has 8 nitrogen and oxygen atoms in total. The second kappa shape index (κ2) is 10.9. The van der Waals surface area contributed by atoms with Crippen LogP contribution in [0.3, 0.4) is 0 Å². The van der Waals surface area contributed by atoms with E-state index in [1.165, 1.54) is 29.7 Å². The first-order valence-electron chi connectivity index (χ1n) is 13.3. The first-order valence-corrected chi connectivity index (χ1v) is 15.5. The minimum Gasteiger partial charge on any atom is -0.326 e. The number of fused-ring (bicyclic) bond motifs is 1. The lowest BCUT2D eigenvalue weighted by Crippen LogP contribution is -2.57. The summed E-state index contributed by atoms with van der Waals surface area (Å²) in [5.41, 5.74) is 3.01. The molecule has 0 radical (unpaired) electrons. The number of piperazine rings is 1. The Hall–Kier alpha value is -2.99. The molecule has 2 saturated heterocycles. The van der Waals surface area contributed by atoms with Crippen LogP contribution in [-0.2, 0) is 16.4 Å². The molecule has 3 aromatic heterocycles. The van der Waals surface area contributed by atoms with Crippen molar-refractivity contribution >= 4 is 21.4 Å². The normalized spacial score (nSPS) is 21.5. The molecular formula is C28H31FN6O2S2. The number of rotatable bonds is 7. The fourth-order valence-electron chi connectivity index (χ4n) is 5.83. The van der Waals surface area contributed by atoms with E-state index in [0.717, 1.165) is 41.2 Å². The van der Waals surface area contributed by atoms with Crippen molar-refractivity contribution in [2.45, 2.75) is 54.9 Å². The van der Waals surface area contributed by atoms with Gasteiger partial charge in [0.15, 0.2) is 4.21 Å². The van der Waals surface area contributed by atoms with Gasteiger partial charge >= 0.3 is 0 Å². The fourth-order valence-corrected chi connectivity index (χ4v) is 8.65. The smallest absolute Gasteiger partial charge is 0.254 e. The number of sulfonamides is 1. The van der Waals surface area contributed by atoms with E-state index >= 15 is 0 Å². The largest absolute Gasteiger partial charge is 0.326 e. The van der Waals surface area contributed by atoms with Crippen LogP contribution in [0.1, 0.15) is 60.2 Å². The van der Waals surface area contributed by atoms with Gasteiger partial charge in [-0.15, -0.1) is 11.3 Å². The average Bonchev–Trinajstić information content (AvgIpc) is 3.64. The number of hydrogen-bond acceptors (Lipinski definition) is 7. The lowest BCUT2D eigenvalue weighted by atomic mass is 9.92. The Bertz CT molecular complexity index is 1520. The third-order valence-electron chi connectivity index (χ3n) is 7.90. The molecule has 2 unspecified atom stereocenters. The van der Waals surface area contributed by atoms with Crippen LogP contribution in [0.5, 0.6) is 0 Å². The van der Waals surface area contributed by atoms with Gasteiger partial charge in [0, 0.05) is 50.2 Å². The molecule has 0 spiro atoms. The van der Waals surface area contributed by atoms with Gasteiger partial charge in [0.25, 0.3) is 10.0 Å². The third kappa shape index (κ3) is 5.28. The van der Waals surface area contributed by atoms with Gasteiger partial charge in [-0.1, -0.05) is 18.2 Å². The van der Waals surface area contributed by atoms with Gasteiger partial charge in [0.2, 0.25) is 0 Å². The maximum atomic E-state index is 13.6. The van der Waals surface area contributed by atoms with Crippen LogP contribution in [0, 0.1) is 5.82 Å². The number of halogens is 1. The Kier molecular flexibility index (Phi) is 7.32. The predicted molar refractivity (Wildman–Crippen MR) is 147 cm³/mol. The van der Waals surface area contributed by atoms with E-state index in [1.54, 1.807) is 10.5 Å². The van der Waals surface area contributed by atoms with E-state index in [4.69, 9.17) is 0 Å². The number of nitrogens with zero attached hydrogens (tertiary/aromatic N) is 6. The third-order valence-corrected chi connectivity index (χ3v) is 11.2. The van der Waals surface area contributed by atoms with Gasteiger partial charge in [-0.25, -0.2) is 22.8 Å². The number of benzene rings is 1. The molecule has 0 saturated carbocycles. The standard InChI is InChI=1S/C28H31FN6O2S2/c1-20(21-8-10-22(29)11-9-21)35-19-30-16-26(35)25-7-4-6-24-18-33(13-14-34(24)25)39(36,37)28-17-32-27(38-28)15-23-5-2-3-12-31-23/h2-3,5,8-12,16-17,19-20,24-25H,4,6-7,13-15,18H2,1H3/t20-,24?,25?/m1/s1. The molecule has 2 aliphatic heterocycles. The van der Waals surface area contributed by atoms with E-state index in [9.17, 15) is 12.8 Å². The molecule has 0 bridgehead atoms. The molecule has 204 valence electrons. The van der Waals surface area contributed by atoms with Crippen molar-refractivity contribution in [1.82, 2.24) is 28.7 Å². The molecule has 0 amide bonds. The van der Waals surface area contributed by atoms with Crippen LogP contribution in [0.15, 0.2) is 71.6 Å². The zero-order valence-electron chi connectivity index (χ0n) is 21.7. The maximum absolute atomic E-state index is 13.6. The van der Waals surface area contributed by atoms with Crippen LogP contribution < -0.4 is 0 Å². The van der Waals surface area contributed by atoms with Gasteiger partial charge < -0.3 is 4.57 Å². The lowest BCUT2D eigenvalue weighted by Gasteiger charge is -2.47. The summed E-state index contributed by atoms with van der Waals surface area (Å²) in [6.45, 7) is 3.66. The molecule has 0 N–H and O–H groups in total. The van der Waals surface area contributed by atoms with Crippen molar-refractivity contribution in [3.63, 3.8) is 0 Å². The van der Waals surface area contributed by atoms with Gasteiger partial charge in [0.1, 0.15) is 5.82 Å². The summed E-state index contributed by atoms with van der Waals surface area (Å²) in [4.78, 5) is 15.6. The minimum absolute atomic E-state index is 0.0109. The van der Waals surface area contributed by atoms with Gasteiger partial charge in [-0.3, -0.25) is 9.88 Å². The van der Waals surface area contributed by atoms with Crippen LogP contribution >= 0.6 is 11.3 Å². The first kappa shape index (κ1) is 26.2. The summed E-state index contributed by atoms with van der Waals surface area (Å²) in [5, 5.41) is 0.743. The zero-order valence-corrected chi connectivity index (χ0v) is 23.4. The molecule has 0 aliphatic carbocycles. The van der Waals surface area contributed by atoms with Crippen molar-refractivity contribution in [3.8, 4) is 0 Å². The van der Waals surface area contributed by atoms with Gasteiger partial charge in [0.05, 0.1) is 35.3 Å². The summed E-state index contributed by atoms with van der Waals surface area (Å²) in [5.74, 6) is -0.248. The number of piperidine rings is 1. The molecule has 2 aliphatic rings. The highest BCUT2D eigenvalue weighted by Gasteiger charge is 2.41. The first-order chi connectivity index (χ1) is 18.9. The Balaban J connectivity index is 1.17. The Morgan fingerprint density at radius 1 is 1.08 bits per heavy atom. The number of thiazole rings is 1. The summed E-state index contributed by atoms with van der Waals surface area (Å²) in [6, 6.07) is 12.6. The summed E-state index contributed by atoms with van der Waals surface area (Å²) >= 11 is 1.23. The predicted octanol–water partition coefficient (Wildman–Crippen LogP) is 4.67. The second-order valence-electron chi connectivity index (χ2n) is 10.2. The highest BCUT2D eigenvalue weighted by Crippen LogP contribution is 2.38. The zero-order chi connectivity index (χ0) is 27.0. The Morgan fingerprint density at radius 2 is 1.92 bits per heavy atom. The molecule has 39 heavy (non-hydrogen) atoms. The van der Waals surface area contributed by atoms with Crippen molar-refractivity contribution < 1.29 is 12.8 Å². The van der Waals surface area contributed by atoms with Crippen LogP contribution in [0.4, 0.5) is 4.39 Å². The number of aromatic nitrogens is 4. The van der Waals surface area contributed by atoms with Crippen molar-refractivity contribution in [1.29, 1.82) is 0 Å². The van der Waals surface area contributed by atoms with Gasteiger partial charge in [-0.05, 0) is 56.0 Å². The Morgan fingerprint density at radius 3 is 2.72 bits per heavy atom. The topological polar surface area (TPSA) is 84.2 Å². The van der Waals surface area contributed by atoms with Crippen molar-refractivity contribution in [2.75, 3.05) is 19.6 Å². The molecule has 11 heteroatoms. The minimum atomic E-state index is -3.62. The molecule has 1 aromatic carbocycles.